The minimum atomic E-state index is 1.83. The molecule has 0 bridgehead atoms. The zero-order valence-electron chi connectivity index (χ0n) is 3.57. The van der Waals surface area contributed by atoms with Crippen LogP contribution in [0.4, 0.5) is 0 Å². The van der Waals surface area contributed by atoms with Crippen LogP contribution in [0.25, 0.3) is 0 Å². The Kier molecular flexibility index (Phi) is 6.39. The number of allylic oxidation sites excluding steroid dienone is 3. The van der Waals surface area contributed by atoms with Crippen LogP contribution in [-0.2, 0) is 0 Å². The molecule has 0 nitrogen and oxygen atoms in total. The summed E-state index contributed by atoms with van der Waals surface area (Å²) in [4.78, 5) is 0. The van der Waals surface area contributed by atoms with Gasteiger partial charge in [0.2, 0.25) is 0 Å². The summed E-state index contributed by atoms with van der Waals surface area (Å²) in [5.74, 6) is 0. The van der Waals surface area contributed by atoms with Gasteiger partial charge in [0.25, 0.3) is 0 Å². The van der Waals surface area contributed by atoms with Gasteiger partial charge in [0.1, 0.15) is 0 Å². The van der Waals surface area contributed by atoms with E-state index in [4.69, 9.17) is 0 Å². The Bertz CT molecular complexity index is 52.3. The van der Waals surface area contributed by atoms with Gasteiger partial charge in [-0.25, -0.2) is 0 Å². The first-order valence-corrected chi connectivity index (χ1v) is 2.68. The van der Waals surface area contributed by atoms with Crippen LogP contribution >= 0.6 is 0 Å². The van der Waals surface area contributed by atoms with Gasteiger partial charge >= 0.3 is 62.4 Å². The summed E-state index contributed by atoms with van der Waals surface area (Å²) in [6.45, 7) is 1.98. The first kappa shape index (κ1) is 6.71. The van der Waals surface area contributed by atoms with E-state index in [1.807, 2.05) is 27.4 Å². The molecule has 0 saturated carbocycles. The standard InChI is InChI=1S/C5H7.Lu/c1-3-5-4-2;/h1,3-5H,2H3;. The van der Waals surface area contributed by atoms with Crippen LogP contribution < -0.4 is 0 Å². The topological polar surface area (TPSA) is 0 Å². The molecule has 1 heteroatoms. The Hall–Kier alpha value is 0.714. The molecule has 0 aromatic carbocycles. The van der Waals surface area contributed by atoms with Gasteiger partial charge in [-0.1, -0.05) is 0 Å². The first-order chi connectivity index (χ1) is 2.91. The van der Waals surface area contributed by atoms with Crippen molar-refractivity contribution in [2.24, 2.45) is 0 Å². The SMILES string of the molecule is CC=CC=[CH][Lu]. The van der Waals surface area contributed by atoms with Crippen LogP contribution in [0.15, 0.2) is 20.5 Å². The normalized spacial score (nSPS) is 11.8. The van der Waals surface area contributed by atoms with E-state index in [1.165, 1.54) is 0 Å². The first-order valence-electron chi connectivity index (χ1n) is 1.73. The monoisotopic (exact) mass is 242 g/mol. The van der Waals surface area contributed by atoms with Crippen LogP contribution in [0, 0.1) is 35.0 Å². The molecule has 0 amide bonds. The van der Waals surface area contributed by atoms with Gasteiger partial charge in [0.05, 0.1) is 0 Å². The van der Waals surface area contributed by atoms with E-state index in [2.05, 4.69) is 35.0 Å². The maximum atomic E-state index is 2.99. The molecular formula is C5H7Lu. The van der Waals surface area contributed by atoms with Gasteiger partial charge in [-0.2, -0.15) is 0 Å². The fourth-order valence-corrected chi connectivity index (χ4v) is 0.324. The molecule has 0 rings (SSSR count). The number of rotatable bonds is 1. The number of hydrogen-bond donors (Lipinski definition) is 0. The van der Waals surface area contributed by atoms with E-state index < -0.39 is 0 Å². The summed E-state index contributed by atoms with van der Waals surface area (Å²) >= 11 is 2.99. The van der Waals surface area contributed by atoms with Gasteiger partial charge in [0.15, 0.2) is 0 Å². The van der Waals surface area contributed by atoms with Crippen molar-refractivity contribution < 1.29 is 35.0 Å². The van der Waals surface area contributed by atoms with Crippen LogP contribution in [-0.4, -0.2) is 0 Å². The van der Waals surface area contributed by atoms with Crippen molar-refractivity contribution in [1.82, 2.24) is 0 Å². The van der Waals surface area contributed by atoms with E-state index in [0.717, 1.165) is 0 Å². The van der Waals surface area contributed by atoms with Crippen molar-refractivity contribution in [1.29, 1.82) is 0 Å². The molecule has 0 aromatic rings. The minimum absolute atomic E-state index is 1.83. The number of hydrogen-bond acceptors (Lipinski definition) is 0. The third kappa shape index (κ3) is 4.71. The van der Waals surface area contributed by atoms with Gasteiger partial charge in [-0.15, -0.1) is 0 Å². The Morgan fingerprint density at radius 1 is 1.33 bits per heavy atom. The molecule has 42 valence electrons. The molecule has 0 aliphatic heterocycles. The van der Waals surface area contributed by atoms with Crippen LogP contribution in [0.2, 0.25) is 0 Å². The Morgan fingerprint density at radius 3 is 2.17 bits per heavy atom. The van der Waals surface area contributed by atoms with E-state index in [9.17, 15) is 0 Å². The predicted molar refractivity (Wildman–Crippen MR) is 24.0 cm³/mol. The molecular weight excluding hydrogens is 235 g/mol. The van der Waals surface area contributed by atoms with Crippen molar-refractivity contribution in [3.05, 3.63) is 20.5 Å². The summed E-state index contributed by atoms with van der Waals surface area (Å²) in [5, 5.41) is 0. The van der Waals surface area contributed by atoms with Gasteiger partial charge < -0.3 is 0 Å². The summed E-state index contributed by atoms with van der Waals surface area (Å²) in [5.41, 5.74) is 0. The summed E-state index contributed by atoms with van der Waals surface area (Å²) in [7, 11) is 0. The maximum absolute atomic E-state index is 2.99. The zero-order chi connectivity index (χ0) is 4.83. The van der Waals surface area contributed by atoms with E-state index in [1.54, 1.807) is 0 Å². The van der Waals surface area contributed by atoms with Crippen molar-refractivity contribution >= 4 is 0 Å². The van der Waals surface area contributed by atoms with Gasteiger partial charge in [-0.05, 0) is 0 Å². The van der Waals surface area contributed by atoms with Crippen LogP contribution in [0.1, 0.15) is 6.92 Å². The molecule has 6 heavy (non-hydrogen) atoms. The van der Waals surface area contributed by atoms with E-state index >= 15 is 0 Å². The Labute approximate surface area is 61.9 Å². The second-order valence-electron chi connectivity index (χ2n) is 0.804. The molecule has 0 aliphatic rings. The molecule has 0 unspecified atom stereocenters. The van der Waals surface area contributed by atoms with Crippen molar-refractivity contribution in [2.75, 3.05) is 0 Å². The summed E-state index contributed by atoms with van der Waals surface area (Å²) in [6, 6.07) is 0. The second-order valence-corrected chi connectivity index (χ2v) is 1.36. The molecule has 0 atom stereocenters. The Morgan fingerprint density at radius 2 is 2.00 bits per heavy atom. The van der Waals surface area contributed by atoms with E-state index in [-0.39, 0.29) is 0 Å². The quantitative estimate of drug-likeness (QED) is 0.613. The molecule has 0 spiro atoms. The third-order valence-corrected chi connectivity index (χ3v) is 0.672. The van der Waals surface area contributed by atoms with Crippen LogP contribution in [0.3, 0.4) is 0 Å². The molecule has 0 radical (unpaired) electrons. The average Bonchev–Trinajstić information content (AvgIpc) is 1.61. The van der Waals surface area contributed by atoms with Crippen LogP contribution in [0.5, 0.6) is 0 Å². The second kappa shape index (κ2) is 5.71. The molecule has 0 aliphatic carbocycles. The van der Waals surface area contributed by atoms with Crippen molar-refractivity contribution in [3.8, 4) is 0 Å². The molecule has 0 N–H and O–H groups in total. The van der Waals surface area contributed by atoms with Crippen molar-refractivity contribution in [3.63, 3.8) is 0 Å². The fraction of sp³-hybridized carbons (Fsp3) is 0.200. The average molecular weight is 242 g/mol. The molecule has 0 heterocycles. The third-order valence-electron chi connectivity index (χ3n) is 0.353. The molecule has 0 aromatic heterocycles. The zero-order valence-corrected chi connectivity index (χ0v) is 5.22. The van der Waals surface area contributed by atoms with E-state index in [0.29, 0.717) is 0 Å². The van der Waals surface area contributed by atoms with Crippen molar-refractivity contribution in [2.45, 2.75) is 6.92 Å². The Balaban J connectivity index is 3.07. The van der Waals surface area contributed by atoms with Gasteiger partial charge in [0, 0.05) is 0 Å². The fourth-order valence-electron chi connectivity index (χ4n) is 0.140. The van der Waals surface area contributed by atoms with Gasteiger partial charge in [-0.3, -0.25) is 0 Å². The summed E-state index contributed by atoms with van der Waals surface area (Å²) < 4.78 is 1.83. The molecule has 0 fully saturated rings. The predicted octanol–water partition coefficient (Wildman–Crippen LogP) is 1.63. The molecule has 0 saturated heterocycles. The summed E-state index contributed by atoms with van der Waals surface area (Å²) in [6.07, 6.45) is 5.86.